The molecule has 2 unspecified atom stereocenters. The molecule has 0 bridgehead atoms. The molecular formula is C21H34O3S. The van der Waals surface area contributed by atoms with Gasteiger partial charge in [-0.3, -0.25) is 4.79 Å². The Kier molecular flexibility index (Phi) is 10.2. The number of carbonyl (C=O) groups excluding carboxylic acids is 1. The Balaban J connectivity index is 2.53. The summed E-state index contributed by atoms with van der Waals surface area (Å²) in [5.74, 6) is 0.653. The smallest absolute Gasteiger partial charge is 0.319 e. The van der Waals surface area contributed by atoms with Crippen molar-refractivity contribution >= 4 is 17.7 Å². The van der Waals surface area contributed by atoms with Crippen LogP contribution in [-0.4, -0.2) is 28.0 Å². The summed E-state index contributed by atoms with van der Waals surface area (Å²) in [4.78, 5) is 12.5. The first-order valence-corrected chi connectivity index (χ1v) is 10.4. The van der Waals surface area contributed by atoms with Gasteiger partial charge in [-0.05, 0) is 52.0 Å². The Morgan fingerprint density at radius 1 is 1.12 bits per heavy atom. The molecule has 0 saturated carbocycles. The molecular weight excluding hydrogens is 332 g/mol. The molecule has 0 fully saturated rings. The van der Waals surface area contributed by atoms with Crippen LogP contribution in [0.15, 0.2) is 30.3 Å². The van der Waals surface area contributed by atoms with E-state index in [-0.39, 0.29) is 17.3 Å². The number of hydrogen-bond acceptors (Lipinski definition) is 4. The predicted molar refractivity (Wildman–Crippen MR) is 107 cm³/mol. The van der Waals surface area contributed by atoms with Gasteiger partial charge in [0.05, 0.1) is 6.10 Å². The molecule has 0 aliphatic heterocycles. The Bertz CT molecular complexity index is 482. The summed E-state index contributed by atoms with van der Waals surface area (Å²) in [7, 11) is 0. The molecule has 0 radical (unpaired) electrons. The fourth-order valence-corrected chi connectivity index (χ4v) is 3.63. The quantitative estimate of drug-likeness (QED) is 0.536. The molecule has 1 N–H and O–H groups in total. The molecule has 0 amide bonds. The van der Waals surface area contributed by atoms with Crippen LogP contribution in [0, 0.1) is 0 Å². The van der Waals surface area contributed by atoms with E-state index in [0.717, 1.165) is 44.3 Å². The topological polar surface area (TPSA) is 46.5 Å². The molecule has 0 spiro atoms. The molecule has 1 aromatic rings. The van der Waals surface area contributed by atoms with Crippen LogP contribution in [0.1, 0.15) is 71.8 Å². The van der Waals surface area contributed by atoms with Gasteiger partial charge in [0.25, 0.3) is 0 Å². The molecule has 0 aliphatic rings. The fraction of sp³-hybridized carbons (Fsp3) is 0.667. The van der Waals surface area contributed by atoms with E-state index >= 15 is 0 Å². The van der Waals surface area contributed by atoms with E-state index in [9.17, 15) is 9.90 Å². The van der Waals surface area contributed by atoms with Gasteiger partial charge in [0, 0.05) is 5.75 Å². The van der Waals surface area contributed by atoms with Crippen molar-refractivity contribution in [3.63, 3.8) is 0 Å². The number of aliphatic hydroxyl groups is 1. The van der Waals surface area contributed by atoms with Gasteiger partial charge in [0.1, 0.15) is 10.9 Å². The number of unbranched alkanes of at least 4 members (excludes halogenated alkanes) is 1. The highest BCUT2D eigenvalue weighted by Gasteiger charge is 2.25. The minimum absolute atomic E-state index is 0.142. The minimum atomic E-state index is -0.469. The lowest BCUT2D eigenvalue weighted by molar-refractivity contribution is -0.154. The zero-order chi connectivity index (χ0) is 18.7. The number of aliphatic hydroxyl groups excluding tert-OH is 1. The van der Waals surface area contributed by atoms with Gasteiger partial charge in [-0.25, -0.2) is 0 Å². The van der Waals surface area contributed by atoms with Crippen LogP contribution in [0.25, 0.3) is 0 Å². The Hall–Kier alpha value is -1.00. The van der Waals surface area contributed by atoms with Gasteiger partial charge in [-0.1, -0.05) is 50.1 Å². The fourth-order valence-electron chi connectivity index (χ4n) is 2.53. The maximum Gasteiger partial charge on any atom is 0.319 e. The molecule has 3 nitrogen and oxygen atoms in total. The molecule has 0 aromatic heterocycles. The van der Waals surface area contributed by atoms with Crippen molar-refractivity contribution in [2.24, 2.45) is 0 Å². The van der Waals surface area contributed by atoms with E-state index in [0.29, 0.717) is 0 Å². The summed E-state index contributed by atoms with van der Waals surface area (Å²) in [5.41, 5.74) is 0.743. The number of rotatable bonds is 11. The summed E-state index contributed by atoms with van der Waals surface area (Å²) < 4.78 is 5.59. The summed E-state index contributed by atoms with van der Waals surface area (Å²) >= 11 is 1.64. The molecule has 0 aliphatic carbocycles. The second-order valence-electron chi connectivity index (χ2n) is 7.55. The van der Waals surface area contributed by atoms with Crippen molar-refractivity contribution in [3.8, 4) is 0 Å². The predicted octanol–water partition coefficient (Wildman–Crippen LogP) is 5.35. The number of ether oxygens (including phenoxy) is 1. The van der Waals surface area contributed by atoms with Crippen LogP contribution < -0.4 is 0 Å². The first-order chi connectivity index (χ1) is 11.8. The number of carbonyl (C=O) groups is 1. The van der Waals surface area contributed by atoms with Gasteiger partial charge in [-0.15, -0.1) is 11.8 Å². The lowest BCUT2D eigenvalue weighted by atomic mass is 10.1. The molecule has 0 saturated heterocycles. The van der Waals surface area contributed by atoms with E-state index in [2.05, 4.69) is 19.1 Å². The van der Waals surface area contributed by atoms with Gasteiger partial charge in [0.15, 0.2) is 0 Å². The zero-order valence-corrected chi connectivity index (χ0v) is 17.0. The van der Waals surface area contributed by atoms with Crippen LogP contribution >= 0.6 is 11.8 Å². The Labute approximate surface area is 157 Å². The van der Waals surface area contributed by atoms with Crippen LogP contribution in [0.4, 0.5) is 0 Å². The average Bonchev–Trinajstić information content (AvgIpc) is 2.55. The maximum absolute atomic E-state index is 12.5. The van der Waals surface area contributed by atoms with E-state index in [1.807, 2.05) is 39.0 Å². The second kappa shape index (κ2) is 11.6. The molecule has 4 heteroatoms. The number of hydrogen-bond donors (Lipinski definition) is 1. The van der Waals surface area contributed by atoms with Crippen LogP contribution in [0.3, 0.4) is 0 Å². The third-order valence-corrected chi connectivity index (χ3v) is 5.19. The summed E-state index contributed by atoms with van der Waals surface area (Å²) in [6, 6.07) is 10.2. The largest absolute Gasteiger partial charge is 0.459 e. The third-order valence-electron chi connectivity index (χ3n) is 3.86. The highest BCUT2D eigenvalue weighted by molar-refractivity contribution is 7.99. The van der Waals surface area contributed by atoms with Crippen LogP contribution in [-0.2, 0) is 15.3 Å². The van der Waals surface area contributed by atoms with Gasteiger partial charge in [0.2, 0.25) is 0 Å². The normalized spacial score (nSPS) is 14.1. The van der Waals surface area contributed by atoms with E-state index in [1.54, 1.807) is 11.8 Å². The lowest BCUT2D eigenvalue weighted by Gasteiger charge is -2.24. The molecule has 1 rings (SSSR count). The maximum atomic E-state index is 12.5. The standard InChI is InChI=1S/C21H34O3S/c1-5-6-13-18(22)14-10-15-19(20(23)24-21(2,3)4)25-16-17-11-8-7-9-12-17/h7-9,11-12,18-19,22H,5-6,10,13-16H2,1-4H3. The molecule has 25 heavy (non-hydrogen) atoms. The monoisotopic (exact) mass is 366 g/mol. The molecule has 1 aromatic carbocycles. The van der Waals surface area contributed by atoms with Gasteiger partial charge in [-0.2, -0.15) is 0 Å². The SMILES string of the molecule is CCCCC(O)CCCC(SCc1ccccc1)C(=O)OC(C)(C)C. The average molecular weight is 367 g/mol. The number of esters is 1. The zero-order valence-electron chi connectivity index (χ0n) is 16.2. The molecule has 142 valence electrons. The van der Waals surface area contributed by atoms with Crippen molar-refractivity contribution in [1.82, 2.24) is 0 Å². The Morgan fingerprint density at radius 2 is 1.76 bits per heavy atom. The molecule has 0 heterocycles. The van der Waals surface area contributed by atoms with Crippen molar-refractivity contribution < 1.29 is 14.6 Å². The summed E-state index contributed by atoms with van der Waals surface area (Å²) in [6.45, 7) is 7.83. The van der Waals surface area contributed by atoms with Gasteiger partial charge < -0.3 is 9.84 Å². The van der Waals surface area contributed by atoms with E-state index in [1.165, 1.54) is 5.56 Å². The lowest BCUT2D eigenvalue weighted by Crippen LogP contribution is -2.30. The summed E-state index contributed by atoms with van der Waals surface area (Å²) in [5, 5.41) is 9.82. The first kappa shape index (κ1) is 22.0. The summed E-state index contributed by atoms with van der Waals surface area (Å²) in [6.07, 6.45) is 5.10. The third kappa shape index (κ3) is 10.6. The van der Waals surface area contributed by atoms with E-state index in [4.69, 9.17) is 4.74 Å². The van der Waals surface area contributed by atoms with Crippen molar-refractivity contribution in [1.29, 1.82) is 0 Å². The Morgan fingerprint density at radius 3 is 2.36 bits per heavy atom. The number of thioether (sulfide) groups is 1. The highest BCUT2D eigenvalue weighted by Crippen LogP contribution is 2.26. The molecule has 2 atom stereocenters. The first-order valence-electron chi connectivity index (χ1n) is 9.38. The van der Waals surface area contributed by atoms with Crippen molar-refractivity contribution in [3.05, 3.63) is 35.9 Å². The highest BCUT2D eigenvalue weighted by atomic mass is 32.2. The van der Waals surface area contributed by atoms with Crippen molar-refractivity contribution in [2.75, 3.05) is 0 Å². The number of benzene rings is 1. The van der Waals surface area contributed by atoms with E-state index < -0.39 is 5.60 Å². The van der Waals surface area contributed by atoms with Gasteiger partial charge >= 0.3 is 5.97 Å². The van der Waals surface area contributed by atoms with Crippen LogP contribution in [0.5, 0.6) is 0 Å². The van der Waals surface area contributed by atoms with Crippen LogP contribution in [0.2, 0.25) is 0 Å². The second-order valence-corrected chi connectivity index (χ2v) is 8.74. The minimum Gasteiger partial charge on any atom is -0.459 e. The van der Waals surface area contributed by atoms with Crippen molar-refractivity contribution in [2.45, 2.75) is 88.9 Å².